The number of aromatic nitrogens is 3. The van der Waals surface area contributed by atoms with E-state index in [1.807, 2.05) is 0 Å². The highest BCUT2D eigenvalue weighted by Gasteiger charge is 2.62. The highest BCUT2D eigenvalue weighted by atomic mass is 35.5. The number of rotatable bonds is 3. The Hall–Kier alpha value is -2.23. The van der Waals surface area contributed by atoms with Crippen molar-refractivity contribution < 1.29 is 31.9 Å². The second-order valence-electron chi connectivity index (χ2n) is 4.00. The standard InChI is InChI=1S/C11H5ClF5N3O2/c12-6-2-1-3-18-8(6)20-7(5(4-19-20)9(21)22)10(13,14)11(15,16)17/h1-4H,(H,21,22). The van der Waals surface area contributed by atoms with Crippen LogP contribution in [0.15, 0.2) is 24.5 Å². The maximum absolute atomic E-state index is 13.7. The topological polar surface area (TPSA) is 68.0 Å². The fraction of sp³-hybridized carbons (Fsp3) is 0.182. The number of hydrogen-bond acceptors (Lipinski definition) is 3. The monoisotopic (exact) mass is 341 g/mol. The maximum atomic E-state index is 13.7. The Kier molecular flexibility index (Phi) is 3.81. The van der Waals surface area contributed by atoms with Gasteiger partial charge in [-0.1, -0.05) is 11.6 Å². The van der Waals surface area contributed by atoms with Crippen LogP contribution < -0.4 is 0 Å². The Bertz CT molecular complexity index is 729. The van der Waals surface area contributed by atoms with Crippen molar-refractivity contribution in [2.24, 2.45) is 0 Å². The van der Waals surface area contributed by atoms with E-state index >= 15 is 0 Å². The molecule has 0 unspecified atom stereocenters. The summed E-state index contributed by atoms with van der Waals surface area (Å²) in [4.78, 5) is 14.5. The van der Waals surface area contributed by atoms with E-state index in [0.29, 0.717) is 6.20 Å². The summed E-state index contributed by atoms with van der Waals surface area (Å²) in [5.41, 5.74) is -3.17. The fourth-order valence-corrected chi connectivity index (χ4v) is 1.84. The van der Waals surface area contributed by atoms with Crippen molar-refractivity contribution >= 4 is 17.6 Å². The number of carboxylic acids is 1. The van der Waals surface area contributed by atoms with E-state index in [9.17, 15) is 26.7 Å². The van der Waals surface area contributed by atoms with Gasteiger partial charge in [0.05, 0.1) is 11.2 Å². The summed E-state index contributed by atoms with van der Waals surface area (Å²) in [5.74, 6) is -7.99. The maximum Gasteiger partial charge on any atom is 0.459 e. The van der Waals surface area contributed by atoms with E-state index in [1.54, 1.807) is 0 Å². The van der Waals surface area contributed by atoms with Crippen LogP contribution in [0.1, 0.15) is 16.1 Å². The minimum absolute atomic E-state index is 0.0687. The molecule has 5 nitrogen and oxygen atoms in total. The predicted octanol–water partition coefficient (Wildman–Crippen LogP) is 3.27. The van der Waals surface area contributed by atoms with Gasteiger partial charge in [-0.15, -0.1) is 0 Å². The van der Waals surface area contributed by atoms with Gasteiger partial charge in [0.15, 0.2) is 5.82 Å². The second-order valence-corrected chi connectivity index (χ2v) is 4.41. The molecule has 2 rings (SSSR count). The molecule has 0 aliphatic rings. The molecule has 2 aromatic heterocycles. The SMILES string of the molecule is O=C(O)c1cnn(-c2ncccc2Cl)c1C(F)(F)C(F)(F)F. The first-order valence-electron chi connectivity index (χ1n) is 5.44. The molecular weight excluding hydrogens is 337 g/mol. The lowest BCUT2D eigenvalue weighted by atomic mass is 10.1. The van der Waals surface area contributed by atoms with E-state index in [4.69, 9.17) is 16.7 Å². The van der Waals surface area contributed by atoms with E-state index in [-0.39, 0.29) is 9.70 Å². The molecule has 0 aromatic carbocycles. The first-order valence-corrected chi connectivity index (χ1v) is 5.82. The average Bonchev–Trinajstić information content (AvgIpc) is 2.83. The molecule has 22 heavy (non-hydrogen) atoms. The average molecular weight is 342 g/mol. The number of carbonyl (C=O) groups is 1. The predicted molar refractivity (Wildman–Crippen MR) is 63.3 cm³/mol. The minimum atomic E-state index is -6.02. The third-order valence-corrected chi connectivity index (χ3v) is 2.89. The number of halogens is 6. The van der Waals surface area contributed by atoms with Gasteiger partial charge in [-0.3, -0.25) is 0 Å². The molecule has 0 saturated carbocycles. The Labute approximate surface area is 123 Å². The van der Waals surface area contributed by atoms with Gasteiger partial charge in [-0.25, -0.2) is 14.5 Å². The van der Waals surface area contributed by atoms with Crippen molar-refractivity contribution in [2.45, 2.75) is 12.1 Å². The van der Waals surface area contributed by atoms with Crippen LogP contribution in [0.25, 0.3) is 5.82 Å². The number of alkyl halides is 5. The van der Waals surface area contributed by atoms with Crippen LogP contribution in [0, 0.1) is 0 Å². The Morgan fingerprint density at radius 1 is 1.27 bits per heavy atom. The molecule has 0 amide bonds. The van der Waals surface area contributed by atoms with E-state index in [0.717, 1.165) is 6.20 Å². The summed E-state index contributed by atoms with van der Waals surface area (Å²) in [6, 6.07) is 2.50. The summed E-state index contributed by atoms with van der Waals surface area (Å²) in [7, 11) is 0. The largest absolute Gasteiger partial charge is 0.478 e. The zero-order valence-electron chi connectivity index (χ0n) is 10.3. The molecule has 0 fully saturated rings. The van der Waals surface area contributed by atoms with Gasteiger partial charge in [0.2, 0.25) is 0 Å². The number of carboxylic acid groups (broad SMARTS) is 1. The molecule has 0 atom stereocenters. The Morgan fingerprint density at radius 3 is 2.41 bits per heavy atom. The smallest absolute Gasteiger partial charge is 0.459 e. The molecule has 0 bridgehead atoms. The lowest BCUT2D eigenvalue weighted by Gasteiger charge is -2.21. The zero-order valence-corrected chi connectivity index (χ0v) is 11.0. The molecule has 2 aromatic rings. The molecule has 0 aliphatic heterocycles. The summed E-state index contributed by atoms with van der Waals surface area (Å²) in [5, 5.41) is 11.8. The first kappa shape index (κ1) is 16.1. The fourth-order valence-electron chi connectivity index (χ4n) is 1.64. The highest BCUT2D eigenvalue weighted by Crippen LogP contribution is 2.45. The summed E-state index contributed by atoms with van der Waals surface area (Å²) < 4.78 is 65.2. The third kappa shape index (κ3) is 2.49. The number of aromatic carboxylic acids is 1. The van der Waals surface area contributed by atoms with E-state index in [2.05, 4.69) is 10.1 Å². The molecule has 11 heteroatoms. The van der Waals surface area contributed by atoms with Crippen molar-refractivity contribution in [3.63, 3.8) is 0 Å². The lowest BCUT2D eigenvalue weighted by molar-refractivity contribution is -0.291. The Morgan fingerprint density at radius 2 is 1.91 bits per heavy atom. The van der Waals surface area contributed by atoms with Crippen LogP contribution in [0.3, 0.4) is 0 Å². The van der Waals surface area contributed by atoms with Gasteiger partial charge in [-0.2, -0.15) is 27.1 Å². The van der Waals surface area contributed by atoms with Crippen LogP contribution in [0.2, 0.25) is 5.02 Å². The molecule has 0 spiro atoms. The number of pyridine rings is 1. The summed E-state index contributed by atoms with van der Waals surface area (Å²) >= 11 is 5.69. The zero-order chi connectivity index (χ0) is 16.7. The minimum Gasteiger partial charge on any atom is -0.478 e. The van der Waals surface area contributed by atoms with Gasteiger partial charge < -0.3 is 5.11 Å². The Balaban J connectivity index is 2.79. The van der Waals surface area contributed by atoms with Gasteiger partial charge in [0.25, 0.3) is 0 Å². The van der Waals surface area contributed by atoms with Crippen LogP contribution in [-0.2, 0) is 5.92 Å². The molecule has 118 valence electrons. The van der Waals surface area contributed by atoms with Crippen molar-refractivity contribution in [1.29, 1.82) is 0 Å². The van der Waals surface area contributed by atoms with Crippen molar-refractivity contribution in [1.82, 2.24) is 14.8 Å². The molecule has 1 N–H and O–H groups in total. The van der Waals surface area contributed by atoms with Gasteiger partial charge >= 0.3 is 18.1 Å². The molecule has 0 saturated heterocycles. The molecular formula is C11H5ClF5N3O2. The van der Waals surface area contributed by atoms with Gasteiger partial charge in [0.1, 0.15) is 11.3 Å². The lowest BCUT2D eigenvalue weighted by Crippen LogP contribution is -2.37. The highest BCUT2D eigenvalue weighted by molar-refractivity contribution is 6.32. The summed E-state index contributed by atoms with van der Waals surface area (Å²) in [6.45, 7) is 0. The van der Waals surface area contributed by atoms with Crippen LogP contribution >= 0.6 is 11.6 Å². The molecule has 0 radical (unpaired) electrons. The van der Waals surface area contributed by atoms with Crippen molar-refractivity contribution in [3.05, 3.63) is 40.8 Å². The van der Waals surface area contributed by atoms with E-state index < -0.39 is 35.1 Å². The van der Waals surface area contributed by atoms with Crippen LogP contribution in [0.5, 0.6) is 0 Å². The first-order chi connectivity index (χ1) is 10.1. The quantitative estimate of drug-likeness (QED) is 0.870. The normalized spacial score (nSPS) is 12.5. The molecule has 0 aliphatic carbocycles. The third-order valence-electron chi connectivity index (χ3n) is 2.59. The number of hydrogen-bond donors (Lipinski definition) is 1. The van der Waals surface area contributed by atoms with Crippen molar-refractivity contribution in [3.8, 4) is 5.82 Å². The van der Waals surface area contributed by atoms with Crippen molar-refractivity contribution in [2.75, 3.05) is 0 Å². The number of nitrogens with zero attached hydrogens (tertiary/aromatic N) is 3. The van der Waals surface area contributed by atoms with Gasteiger partial charge in [-0.05, 0) is 12.1 Å². The molecule has 2 heterocycles. The van der Waals surface area contributed by atoms with Crippen LogP contribution in [-0.4, -0.2) is 32.0 Å². The summed E-state index contributed by atoms with van der Waals surface area (Å²) in [6.07, 6.45) is -4.56. The van der Waals surface area contributed by atoms with Gasteiger partial charge in [0, 0.05) is 6.20 Å². The van der Waals surface area contributed by atoms with E-state index in [1.165, 1.54) is 12.1 Å². The van der Waals surface area contributed by atoms with Crippen LogP contribution in [0.4, 0.5) is 22.0 Å². The second kappa shape index (κ2) is 5.20.